The van der Waals surface area contributed by atoms with Crippen LogP contribution in [0.4, 0.5) is 0 Å². The molecule has 0 aliphatic carbocycles. The van der Waals surface area contributed by atoms with Crippen molar-refractivity contribution in [1.29, 1.82) is 0 Å². The number of hydrogen-bond acceptors (Lipinski definition) is 3. The van der Waals surface area contributed by atoms with Crippen LogP contribution in [0.1, 0.15) is 30.9 Å². The van der Waals surface area contributed by atoms with E-state index in [1.165, 1.54) is 24.8 Å². The van der Waals surface area contributed by atoms with Gasteiger partial charge in [-0.2, -0.15) is 5.10 Å². The SMILES string of the molecule is COCCn1cc([C@H]2CCCCN2)cn1. The Labute approximate surface area is 90.6 Å². The van der Waals surface area contributed by atoms with E-state index in [0.717, 1.165) is 19.7 Å². The van der Waals surface area contributed by atoms with E-state index >= 15 is 0 Å². The number of ether oxygens (including phenoxy) is 1. The van der Waals surface area contributed by atoms with Crippen molar-refractivity contribution in [2.45, 2.75) is 31.8 Å². The number of nitrogens with one attached hydrogen (secondary N) is 1. The van der Waals surface area contributed by atoms with Crippen molar-refractivity contribution in [3.05, 3.63) is 18.0 Å². The van der Waals surface area contributed by atoms with Gasteiger partial charge in [0.2, 0.25) is 0 Å². The zero-order chi connectivity index (χ0) is 10.5. The molecule has 2 heterocycles. The van der Waals surface area contributed by atoms with E-state index < -0.39 is 0 Å². The first-order valence-corrected chi connectivity index (χ1v) is 5.65. The molecule has 1 aromatic heterocycles. The average molecular weight is 209 g/mol. The summed E-state index contributed by atoms with van der Waals surface area (Å²) in [6.45, 7) is 2.69. The van der Waals surface area contributed by atoms with E-state index in [4.69, 9.17) is 4.74 Å². The fourth-order valence-corrected chi connectivity index (χ4v) is 2.00. The van der Waals surface area contributed by atoms with Gasteiger partial charge in [0.15, 0.2) is 0 Å². The Bertz CT molecular complexity index is 292. The summed E-state index contributed by atoms with van der Waals surface area (Å²) in [6, 6.07) is 0.509. The summed E-state index contributed by atoms with van der Waals surface area (Å²) in [7, 11) is 1.72. The Morgan fingerprint density at radius 2 is 2.53 bits per heavy atom. The van der Waals surface area contributed by atoms with E-state index in [2.05, 4.69) is 16.6 Å². The van der Waals surface area contributed by atoms with E-state index in [0.29, 0.717) is 6.04 Å². The molecule has 1 aromatic rings. The third-order valence-corrected chi connectivity index (χ3v) is 2.89. The molecule has 0 saturated carbocycles. The summed E-state index contributed by atoms with van der Waals surface area (Å²) >= 11 is 0. The van der Waals surface area contributed by atoms with Gasteiger partial charge >= 0.3 is 0 Å². The minimum atomic E-state index is 0.509. The van der Waals surface area contributed by atoms with Gasteiger partial charge in [0.05, 0.1) is 19.3 Å². The van der Waals surface area contributed by atoms with Gasteiger partial charge in [-0.1, -0.05) is 6.42 Å². The van der Waals surface area contributed by atoms with Gasteiger partial charge in [-0.05, 0) is 19.4 Å². The lowest BCUT2D eigenvalue weighted by atomic mass is 10.0. The van der Waals surface area contributed by atoms with E-state index in [-0.39, 0.29) is 0 Å². The summed E-state index contributed by atoms with van der Waals surface area (Å²) in [6.07, 6.45) is 7.95. The second-order valence-corrected chi connectivity index (χ2v) is 4.03. The molecule has 1 fully saturated rings. The fraction of sp³-hybridized carbons (Fsp3) is 0.727. The Hall–Kier alpha value is -0.870. The minimum Gasteiger partial charge on any atom is -0.383 e. The largest absolute Gasteiger partial charge is 0.383 e. The van der Waals surface area contributed by atoms with Crippen molar-refractivity contribution in [2.75, 3.05) is 20.3 Å². The number of nitrogens with zero attached hydrogens (tertiary/aromatic N) is 2. The summed E-state index contributed by atoms with van der Waals surface area (Å²) in [5.41, 5.74) is 1.31. The first kappa shape index (κ1) is 10.6. The highest BCUT2D eigenvalue weighted by Crippen LogP contribution is 2.21. The normalized spacial score (nSPS) is 21.8. The standard InChI is InChI=1S/C11H19N3O/c1-15-7-6-14-9-10(8-13-14)11-4-2-3-5-12-11/h8-9,11-12H,2-7H2,1H3/t11-/m1/s1. The van der Waals surface area contributed by atoms with Gasteiger partial charge in [0, 0.05) is 24.9 Å². The van der Waals surface area contributed by atoms with E-state index in [9.17, 15) is 0 Å². The monoisotopic (exact) mass is 209 g/mol. The molecule has 1 aliphatic heterocycles. The lowest BCUT2D eigenvalue weighted by Gasteiger charge is -2.22. The summed E-state index contributed by atoms with van der Waals surface area (Å²) in [4.78, 5) is 0. The van der Waals surface area contributed by atoms with Crippen molar-refractivity contribution >= 4 is 0 Å². The van der Waals surface area contributed by atoms with Crippen LogP contribution in [0.25, 0.3) is 0 Å². The smallest absolute Gasteiger partial charge is 0.0658 e. The Kier molecular flexibility index (Phi) is 3.75. The Balaban J connectivity index is 1.93. The number of hydrogen-bond donors (Lipinski definition) is 1. The van der Waals surface area contributed by atoms with Crippen LogP contribution in [0.5, 0.6) is 0 Å². The zero-order valence-electron chi connectivity index (χ0n) is 9.28. The molecule has 1 saturated heterocycles. The average Bonchev–Trinajstić information content (AvgIpc) is 2.76. The van der Waals surface area contributed by atoms with E-state index in [1.54, 1.807) is 7.11 Å². The van der Waals surface area contributed by atoms with Crippen LogP contribution in [-0.2, 0) is 11.3 Å². The van der Waals surface area contributed by atoms with Crippen molar-refractivity contribution in [3.8, 4) is 0 Å². The predicted octanol–water partition coefficient (Wildman–Crippen LogP) is 1.34. The number of methoxy groups -OCH3 is 1. The van der Waals surface area contributed by atoms with E-state index in [1.807, 2.05) is 10.9 Å². The quantitative estimate of drug-likeness (QED) is 0.813. The molecular weight excluding hydrogens is 190 g/mol. The molecule has 0 aromatic carbocycles. The van der Waals surface area contributed by atoms with Gasteiger partial charge < -0.3 is 10.1 Å². The van der Waals surface area contributed by atoms with Crippen LogP contribution < -0.4 is 5.32 Å². The molecule has 15 heavy (non-hydrogen) atoms. The third-order valence-electron chi connectivity index (χ3n) is 2.89. The summed E-state index contributed by atoms with van der Waals surface area (Å²) in [5.74, 6) is 0. The highest BCUT2D eigenvalue weighted by atomic mass is 16.5. The maximum Gasteiger partial charge on any atom is 0.0658 e. The van der Waals surface area contributed by atoms with Crippen LogP contribution in [0.2, 0.25) is 0 Å². The van der Waals surface area contributed by atoms with Gasteiger partial charge in [-0.15, -0.1) is 0 Å². The second-order valence-electron chi connectivity index (χ2n) is 4.03. The summed E-state index contributed by atoms with van der Waals surface area (Å²) in [5, 5.41) is 7.85. The fourth-order valence-electron chi connectivity index (χ4n) is 2.00. The third kappa shape index (κ3) is 2.79. The van der Waals surface area contributed by atoms with Gasteiger partial charge in [0.25, 0.3) is 0 Å². The molecule has 0 bridgehead atoms. The molecule has 4 heteroatoms. The lowest BCUT2D eigenvalue weighted by Crippen LogP contribution is -2.26. The number of rotatable bonds is 4. The molecule has 1 aliphatic rings. The molecule has 0 spiro atoms. The molecule has 1 N–H and O–H groups in total. The first-order valence-electron chi connectivity index (χ1n) is 5.65. The maximum absolute atomic E-state index is 5.02. The van der Waals surface area contributed by atoms with Gasteiger partial charge in [-0.3, -0.25) is 4.68 Å². The topological polar surface area (TPSA) is 39.1 Å². The molecule has 0 radical (unpaired) electrons. The van der Waals surface area contributed by atoms with Crippen molar-refractivity contribution < 1.29 is 4.74 Å². The van der Waals surface area contributed by atoms with Crippen LogP contribution in [0, 0.1) is 0 Å². The van der Waals surface area contributed by atoms with Crippen LogP contribution in [0.15, 0.2) is 12.4 Å². The maximum atomic E-state index is 5.02. The van der Waals surface area contributed by atoms with Crippen molar-refractivity contribution in [2.24, 2.45) is 0 Å². The Morgan fingerprint density at radius 3 is 3.27 bits per heavy atom. The van der Waals surface area contributed by atoms with Crippen LogP contribution in [-0.4, -0.2) is 30.0 Å². The minimum absolute atomic E-state index is 0.509. The highest BCUT2D eigenvalue weighted by Gasteiger charge is 2.15. The second kappa shape index (κ2) is 5.28. The van der Waals surface area contributed by atoms with Crippen LogP contribution in [0.3, 0.4) is 0 Å². The molecular formula is C11H19N3O. The molecule has 0 unspecified atom stereocenters. The number of piperidine rings is 1. The predicted molar refractivity (Wildman–Crippen MR) is 58.7 cm³/mol. The Morgan fingerprint density at radius 1 is 1.60 bits per heavy atom. The molecule has 0 amide bonds. The molecule has 1 atom stereocenters. The molecule has 4 nitrogen and oxygen atoms in total. The van der Waals surface area contributed by atoms with Crippen molar-refractivity contribution in [1.82, 2.24) is 15.1 Å². The molecule has 2 rings (SSSR count). The van der Waals surface area contributed by atoms with Crippen molar-refractivity contribution in [3.63, 3.8) is 0 Å². The zero-order valence-corrected chi connectivity index (χ0v) is 9.28. The van der Waals surface area contributed by atoms with Gasteiger partial charge in [0.1, 0.15) is 0 Å². The lowest BCUT2D eigenvalue weighted by molar-refractivity contribution is 0.183. The first-order chi connectivity index (χ1) is 7.40. The molecule has 84 valence electrons. The van der Waals surface area contributed by atoms with Crippen LogP contribution >= 0.6 is 0 Å². The summed E-state index contributed by atoms with van der Waals surface area (Å²) < 4.78 is 6.98. The number of aromatic nitrogens is 2. The van der Waals surface area contributed by atoms with Gasteiger partial charge in [-0.25, -0.2) is 0 Å². The highest BCUT2D eigenvalue weighted by molar-refractivity contribution is 5.10.